The van der Waals surface area contributed by atoms with Gasteiger partial charge in [-0.05, 0) is 43.4 Å². The van der Waals surface area contributed by atoms with Crippen LogP contribution in [0, 0.1) is 5.92 Å². The molecule has 1 aromatic carbocycles. The minimum atomic E-state index is -0.0137. The number of anilines is 2. The number of piperidine rings is 1. The highest BCUT2D eigenvalue weighted by Gasteiger charge is 2.22. The SMILES string of the molecule is CN(C)C(=O)c1ccc(N)c(N2CCCC(CCO)C2)c1. The topological polar surface area (TPSA) is 69.8 Å². The fraction of sp³-hybridized carbons (Fsp3) is 0.562. The summed E-state index contributed by atoms with van der Waals surface area (Å²) in [5.41, 5.74) is 8.40. The van der Waals surface area contributed by atoms with Gasteiger partial charge in [0.15, 0.2) is 0 Å². The minimum Gasteiger partial charge on any atom is -0.397 e. The zero-order valence-corrected chi connectivity index (χ0v) is 12.9. The number of hydrogen-bond acceptors (Lipinski definition) is 4. The molecule has 2 rings (SSSR count). The van der Waals surface area contributed by atoms with Gasteiger partial charge in [0, 0.05) is 39.4 Å². The number of benzene rings is 1. The monoisotopic (exact) mass is 291 g/mol. The molecule has 21 heavy (non-hydrogen) atoms. The van der Waals surface area contributed by atoms with Crippen molar-refractivity contribution in [2.75, 3.05) is 44.4 Å². The Hall–Kier alpha value is -1.75. The number of nitrogens with two attached hydrogens (primary N) is 1. The molecule has 0 radical (unpaired) electrons. The van der Waals surface area contributed by atoms with Crippen molar-refractivity contribution in [3.63, 3.8) is 0 Å². The zero-order chi connectivity index (χ0) is 15.4. The van der Waals surface area contributed by atoms with Crippen molar-refractivity contribution >= 4 is 17.3 Å². The minimum absolute atomic E-state index is 0.0137. The quantitative estimate of drug-likeness (QED) is 0.826. The van der Waals surface area contributed by atoms with Gasteiger partial charge in [-0.15, -0.1) is 0 Å². The number of aliphatic hydroxyl groups is 1. The number of rotatable bonds is 4. The second-order valence-electron chi connectivity index (χ2n) is 5.94. The van der Waals surface area contributed by atoms with E-state index in [0.29, 0.717) is 17.2 Å². The molecule has 1 heterocycles. The average molecular weight is 291 g/mol. The molecule has 1 aliphatic rings. The number of nitrogens with zero attached hydrogens (tertiary/aromatic N) is 2. The van der Waals surface area contributed by atoms with Crippen molar-refractivity contribution in [2.45, 2.75) is 19.3 Å². The van der Waals surface area contributed by atoms with E-state index < -0.39 is 0 Å². The van der Waals surface area contributed by atoms with Gasteiger partial charge in [-0.25, -0.2) is 0 Å². The molecule has 0 spiro atoms. The van der Waals surface area contributed by atoms with Gasteiger partial charge in [-0.1, -0.05) is 0 Å². The standard InChI is InChI=1S/C16H25N3O2/c1-18(2)16(21)13-5-6-14(17)15(10-13)19-8-3-4-12(11-19)7-9-20/h5-6,10,12,20H,3-4,7-9,11,17H2,1-2H3. The number of carbonyl (C=O) groups excluding carboxylic acids is 1. The van der Waals surface area contributed by atoms with E-state index in [1.165, 1.54) is 0 Å². The van der Waals surface area contributed by atoms with Crippen molar-refractivity contribution in [3.05, 3.63) is 23.8 Å². The highest BCUT2D eigenvalue weighted by atomic mass is 16.3. The van der Waals surface area contributed by atoms with Crippen molar-refractivity contribution in [1.29, 1.82) is 0 Å². The number of nitrogen functional groups attached to an aromatic ring is 1. The number of amides is 1. The fourth-order valence-corrected chi connectivity index (χ4v) is 2.91. The van der Waals surface area contributed by atoms with E-state index in [4.69, 9.17) is 10.8 Å². The molecular formula is C16H25N3O2. The first-order chi connectivity index (χ1) is 10.0. The van der Waals surface area contributed by atoms with Crippen molar-refractivity contribution in [3.8, 4) is 0 Å². The first-order valence-corrected chi connectivity index (χ1v) is 7.50. The van der Waals surface area contributed by atoms with Crippen LogP contribution in [0.15, 0.2) is 18.2 Å². The lowest BCUT2D eigenvalue weighted by Gasteiger charge is -2.35. The Morgan fingerprint density at radius 1 is 1.48 bits per heavy atom. The maximum absolute atomic E-state index is 12.1. The second-order valence-corrected chi connectivity index (χ2v) is 5.94. The Morgan fingerprint density at radius 2 is 2.24 bits per heavy atom. The summed E-state index contributed by atoms with van der Waals surface area (Å²) in [6, 6.07) is 5.47. The molecule has 1 aromatic rings. The van der Waals surface area contributed by atoms with Gasteiger partial charge in [0.25, 0.3) is 5.91 Å². The van der Waals surface area contributed by atoms with Gasteiger partial charge in [0.05, 0.1) is 11.4 Å². The van der Waals surface area contributed by atoms with E-state index in [9.17, 15) is 4.79 Å². The van der Waals surface area contributed by atoms with Gasteiger partial charge in [-0.2, -0.15) is 0 Å². The molecule has 1 amide bonds. The van der Waals surface area contributed by atoms with Gasteiger partial charge in [0.1, 0.15) is 0 Å². The highest BCUT2D eigenvalue weighted by Crippen LogP contribution is 2.30. The van der Waals surface area contributed by atoms with Crippen LogP contribution in [0.4, 0.5) is 11.4 Å². The Balaban J connectivity index is 2.22. The maximum Gasteiger partial charge on any atom is 0.253 e. The Morgan fingerprint density at radius 3 is 2.90 bits per heavy atom. The predicted octanol–water partition coefficient (Wildman–Crippen LogP) is 1.57. The Kier molecular flexibility index (Phi) is 5.07. The van der Waals surface area contributed by atoms with Crippen LogP contribution in [0.5, 0.6) is 0 Å². The first-order valence-electron chi connectivity index (χ1n) is 7.50. The van der Waals surface area contributed by atoms with E-state index >= 15 is 0 Å². The van der Waals surface area contributed by atoms with Gasteiger partial charge >= 0.3 is 0 Å². The fourth-order valence-electron chi connectivity index (χ4n) is 2.91. The molecular weight excluding hydrogens is 266 g/mol. The summed E-state index contributed by atoms with van der Waals surface area (Å²) < 4.78 is 0. The number of carbonyl (C=O) groups is 1. The van der Waals surface area contributed by atoms with Crippen LogP contribution in [0.25, 0.3) is 0 Å². The van der Waals surface area contributed by atoms with Crippen LogP contribution < -0.4 is 10.6 Å². The van der Waals surface area contributed by atoms with Crippen molar-refractivity contribution in [1.82, 2.24) is 4.90 Å². The third-order valence-corrected chi connectivity index (χ3v) is 4.08. The normalized spacial score (nSPS) is 18.6. The Bertz CT molecular complexity index is 500. The molecule has 0 saturated carbocycles. The zero-order valence-electron chi connectivity index (χ0n) is 12.9. The highest BCUT2D eigenvalue weighted by molar-refractivity contribution is 5.96. The second kappa shape index (κ2) is 6.80. The van der Waals surface area contributed by atoms with E-state index in [-0.39, 0.29) is 12.5 Å². The molecule has 116 valence electrons. The smallest absolute Gasteiger partial charge is 0.253 e. The van der Waals surface area contributed by atoms with Gasteiger partial charge < -0.3 is 20.6 Å². The van der Waals surface area contributed by atoms with E-state index in [1.807, 2.05) is 12.1 Å². The molecule has 1 unspecified atom stereocenters. The van der Waals surface area contributed by atoms with Crippen LogP contribution >= 0.6 is 0 Å². The van der Waals surface area contributed by atoms with Crippen LogP contribution in [0.3, 0.4) is 0 Å². The van der Waals surface area contributed by atoms with E-state index in [1.54, 1.807) is 25.1 Å². The molecule has 3 N–H and O–H groups in total. The van der Waals surface area contributed by atoms with Crippen molar-refractivity contribution < 1.29 is 9.90 Å². The van der Waals surface area contributed by atoms with E-state index in [2.05, 4.69) is 4.90 Å². The predicted molar refractivity (Wildman–Crippen MR) is 85.5 cm³/mol. The summed E-state index contributed by atoms with van der Waals surface area (Å²) in [6.07, 6.45) is 3.07. The largest absolute Gasteiger partial charge is 0.397 e. The molecule has 0 bridgehead atoms. The molecule has 5 nitrogen and oxygen atoms in total. The van der Waals surface area contributed by atoms with E-state index in [0.717, 1.165) is 38.0 Å². The van der Waals surface area contributed by atoms with Crippen molar-refractivity contribution in [2.24, 2.45) is 5.92 Å². The average Bonchev–Trinajstić information content (AvgIpc) is 2.47. The summed E-state index contributed by atoms with van der Waals surface area (Å²) >= 11 is 0. The number of aliphatic hydroxyl groups excluding tert-OH is 1. The molecule has 1 atom stereocenters. The lowest BCUT2D eigenvalue weighted by atomic mass is 9.94. The molecule has 1 aliphatic heterocycles. The van der Waals surface area contributed by atoms with Crippen LogP contribution in [-0.4, -0.2) is 49.7 Å². The lowest BCUT2D eigenvalue weighted by molar-refractivity contribution is 0.0827. The molecule has 0 aliphatic carbocycles. The molecule has 0 aromatic heterocycles. The Labute approximate surface area is 126 Å². The maximum atomic E-state index is 12.1. The first kappa shape index (κ1) is 15.6. The summed E-state index contributed by atoms with van der Waals surface area (Å²) in [6.45, 7) is 2.07. The third-order valence-electron chi connectivity index (χ3n) is 4.08. The summed E-state index contributed by atoms with van der Waals surface area (Å²) in [4.78, 5) is 15.9. The summed E-state index contributed by atoms with van der Waals surface area (Å²) in [7, 11) is 3.49. The third kappa shape index (κ3) is 3.67. The number of hydrogen-bond donors (Lipinski definition) is 2. The molecule has 1 saturated heterocycles. The van der Waals surface area contributed by atoms with Gasteiger partial charge in [0.2, 0.25) is 0 Å². The molecule has 5 heteroatoms. The van der Waals surface area contributed by atoms with Crippen LogP contribution in [0.2, 0.25) is 0 Å². The summed E-state index contributed by atoms with van der Waals surface area (Å²) in [5, 5.41) is 9.11. The summed E-state index contributed by atoms with van der Waals surface area (Å²) in [5.74, 6) is 0.483. The van der Waals surface area contributed by atoms with Crippen LogP contribution in [-0.2, 0) is 0 Å². The lowest BCUT2D eigenvalue weighted by Crippen LogP contribution is -2.36. The van der Waals surface area contributed by atoms with Gasteiger partial charge in [-0.3, -0.25) is 4.79 Å². The van der Waals surface area contributed by atoms with Crippen LogP contribution in [0.1, 0.15) is 29.6 Å². The molecule has 1 fully saturated rings.